The Morgan fingerprint density at radius 1 is 1.25 bits per heavy atom. The molecule has 1 fully saturated rings. The largest absolute Gasteiger partial charge is 0.0602 e. The highest BCUT2D eigenvalue weighted by atomic mass is 14.4. The topological polar surface area (TPSA) is 0 Å². The lowest BCUT2D eigenvalue weighted by molar-refractivity contribution is 0.182. The second kappa shape index (κ2) is 3.05. The molecule has 0 amide bonds. The average Bonchev–Trinajstić information content (AvgIpc) is 2.07. The zero-order chi connectivity index (χ0) is 9.41. The van der Waals surface area contributed by atoms with E-state index in [0.717, 1.165) is 5.92 Å². The normalized spacial score (nSPS) is 29.2. The van der Waals surface area contributed by atoms with Gasteiger partial charge in [0.25, 0.3) is 0 Å². The van der Waals surface area contributed by atoms with E-state index >= 15 is 0 Å². The van der Waals surface area contributed by atoms with Crippen LogP contribution in [0.25, 0.3) is 0 Å². The van der Waals surface area contributed by atoms with Gasteiger partial charge in [-0.3, -0.25) is 0 Å². The van der Waals surface area contributed by atoms with E-state index in [-0.39, 0.29) is 0 Å². The fourth-order valence-corrected chi connectivity index (χ4v) is 2.52. The van der Waals surface area contributed by atoms with E-state index < -0.39 is 0 Å². The summed E-state index contributed by atoms with van der Waals surface area (Å²) >= 11 is 0. The zero-order valence-electron chi connectivity index (χ0n) is 9.41. The fraction of sp³-hybridized carbons (Fsp3) is 1.00. The Balaban J connectivity index is 2.53. The van der Waals surface area contributed by atoms with Gasteiger partial charge in [-0.15, -0.1) is 0 Å². The number of rotatable bonds is 1. The molecule has 1 rings (SSSR count). The smallest absolute Gasteiger partial charge is 0.0326 e. The Bertz CT molecular complexity index is 148. The molecule has 0 aromatic heterocycles. The second-order valence-electron chi connectivity index (χ2n) is 6.34. The van der Waals surface area contributed by atoms with E-state index in [2.05, 4.69) is 34.6 Å². The van der Waals surface area contributed by atoms with Crippen molar-refractivity contribution in [3.63, 3.8) is 0 Å². The number of hydrogen-bond donors (Lipinski definition) is 0. The molecular weight excluding hydrogens is 144 g/mol. The van der Waals surface area contributed by atoms with Gasteiger partial charge in [0.15, 0.2) is 0 Å². The van der Waals surface area contributed by atoms with Gasteiger partial charge in [0.05, 0.1) is 0 Å². The minimum Gasteiger partial charge on any atom is -0.0602 e. The molecule has 1 unspecified atom stereocenters. The molecule has 0 saturated heterocycles. The summed E-state index contributed by atoms with van der Waals surface area (Å²) in [4.78, 5) is 0. The summed E-state index contributed by atoms with van der Waals surface area (Å²) in [6.45, 7) is 12.0. The van der Waals surface area contributed by atoms with Crippen LogP contribution in [0.3, 0.4) is 0 Å². The Hall–Kier alpha value is 0. The molecule has 0 N–H and O–H groups in total. The molecule has 1 aliphatic carbocycles. The lowest BCUT2D eigenvalue weighted by Crippen LogP contribution is -2.22. The molecule has 1 aliphatic rings. The SMILES string of the molecule is CC(C)(C)CC1CCCC1(C)C. The maximum Gasteiger partial charge on any atom is -0.0326 e. The maximum atomic E-state index is 2.44. The van der Waals surface area contributed by atoms with Crippen molar-refractivity contribution in [1.29, 1.82) is 0 Å². The summed E-state index contributed by atoms with van der Waals surface area (Å²) < 4.78 is 0. The second-order valence-corrected chi connectivity index (χ2v) is 6.34. The minimum absolute atomic E-state index is 0.520. The van der Waals surface area contributed by atoms with Crippen LogP contribution in [0.15, 0.2) is 0 Å². The van der Waals surface area contributed by atoms with Gasteiger partial charge in [-0.1, -0.05) is 41.0 Å². The van der Waals surface area contributed by atoms with E-state index in [4.69, 9.17) is 0 Å². The van der Waals surface area contributed by atoms with Gasteiger partial charge >= 0.3 is 0 Å². The van der Waals surface area contributed by atoms with Crippen molar-refractivity contribution in [2.45, 2.75) is 60.3 Å². The van der Waals surface area contributed by atoms with Crippen molar-refractivity contribution in [2.24, 2.45) is 16.7 Å². The minimum atomic E-state index is 0.520. The molecule has 0 radical (unpaired) electrons. The van der Waals surface area contributed by atoms with E-state index in [1.54, 1.807) is 0 Å². The lowest BCUT2D eigenvalue weighted by Gasteiger charge is -2.32. The molecule has 72 valence electrons. The third-order valence-electron chi connectivity index (χ3n) is 3.34. The van der Waals surface area contributed by atoms with Crippen molar-refractivity contribution in [1.82, 2.24) is 0 Å². The van der Waals surface area contributed by atoms with Crippen LogP contribution in [0.4, 0.5) is 0 Å². The van der Waals surface area contributed by atoms with Gasteiger partial charge in [0, 0.05) is 0 Å². The molecule has 0 heterocycles. The average molecular weight is 168 g/mol. The van der Waals surface area contributed by atoms with Crippen molar-refractivity contribution in [3.8, 4) is 0 Å². The van der Waals surface area contributed by atoms with E-state index in [1.807, 2.05) is 0 Å². The molecule has 0 aliphatic heterocycles. The van der Waals surface area contributed by atoms with Crippen LogP contribution < -0.4 is 0 Å². The van der Waals surface area contributed by atoms with Crippen molar-refractivity contribution < 1.29 is 0 Å². The Morgan fingerprint density at radius 2 is 1.83 bits per heavy atom. The predicted molar refractivity (Wildman–Crippen MR) is 55.2 cm³/mol. The molecule has 0 heteroatoms. The van der Waals surface area contributed by atoms with Gasteiger partial charge < -0.3 is 0 Å². The van der Waals surface area contributed by atoms with Crippen molar-refractivity contribution in [2.75, 3.05) is 0 Å². The van der Waals surface area contributed by atoms with Crippen LogP contribution in [0.5, 0.6) is 0 Å². The summed E-state index contributed by atoms with van der Waals surface area (Å²) in [6.07, 6.45) is 5.76. The highest BCUT2D eigenvalue weighted by Crippen LogP contribution is 2.47. The fourth-order valence-electron chi connectivity index (χ4n) is 2.52. The summed E-state index contributed by atoms with van der Waals surface area (Å²) in [7, 11) is 0. The lowest BCUT2D eigenvalue weighted by atomic mass is 9.73. The molecule has 0 bridgehead atoms. The Labute approximate surface area is 77.7 Å². The van der Waals surface area contributed by atoms with E-state index in [0.29, 0.717) is 10.8 Å². The van der Waals surface area contributed by atoms with Gasteiger partial charge in [0.2, 0.25) is 0 Å². The molecule has 0 aromatic rings. The summed E-state index contributed by atoms with van der Waals surface area (Å²) in [5, 5.41) is 0. The van der Waals surface area contributed by atoms with Gasteiger partial charge in [-0.25, -0.2) is 0 Å². The van der Waals surface area contributed by atoms with Gasteiger partial charge in [-0.2, -0.15) is 0 Å². The third kappa shape index (κ3) is 2.50. The van der Waals surface area contributed by atoms with Crippen LogP contribution in [0, 0.1) is 16.7 Å². The highest BCUT2D eigenvalue weighted by Gasteiger charge is 2.36. The van der Waals surface area contributed by atoms with Crippen LogP contribution in [-0.4, -0.2) is 0 Å². The first-order valence-electron chi connectivity index (χ1n) is 5.31. The molecular formula is C12H24. The van der Waals surface area contributed by atoms with Crippen LogP contribution in [0.2, 0.25) is 0 Å². The quantitative estimate of drug-likeness (QED) is 0.549. The van der Waals surface area contributed by atoms with E-state index in [1.165, 1.54) is 25.7 Å². The van der Waals surface area contributed by atoms with Crippen molar-refractivity contribution >= 4 is 0 Å². The van der Waals surface area contributed by atoms with Crippen LogP contribution in [-0.2, 0) is 0 Å². The summed E-state index contributed by atoms with van der Waals surface area (Å²) in [6, 6.07) is 0. The first-order valence-corrected chi connectivity index (χ1v) is 5.31. The summed E-state index contributed by atoms with van der Waals surface area (Å²) in [5.74, 6) is 0.970. The zero-order valence-corrected chi connectivity index (χ0v) is 9.41. The van der Waals surface area contributed by atoms with Gasteiger partial charge in [-0.05, 0) is 36.0 Å². The number of hydrogen-bond acceptors (Lipinski definition) is 0. The Morgan fingerprint density at radius 3 is 2.17 bits per heavy atom. The van der Waals surface area contributed by atoms with Crippen LogP contribution in [0.1, 0.15) is 60.3 Å². The molecule has 1 atom stereocenters. The standard InChI is InChI=1S/C12H24/c1-11(2,3)9-10-7-6-8-12(10,4)5/h10H,6-9H2,1-5H3. The molecule has 0 nitrogen and oxygen atoms in total. The van der Waals surface area contributed by atoms with Crippen LogP contribution >= 0.6 is 0 Å². The molecule has 12 heavy (non-hydrogen) atoms. The molecule has 0 spiro atoms. The van der Waals surface area contributed by atoms with Crippen molar-refractivity contribution in [3.05, 3.63) is 0 Å². The first kappa shape index (κ1) is 10.1. The Kier molecular flexibility index (Phi) is 2.56. The van der Waals surface area contributed by atoms with E-state index in [9.17, 15) is 0 Å². The monoisotopic (exact) mass is 168 g/mol. The first-order chi connectivity index (χ1) is 5.31. The molecule has 0 aromatic carbocycles. The summed E-state index contributed by atoms with van der Waals surface area (Å²) in [5.41, 5.74) is 1.14. The highest BCUT2D eigenvalue weighted by molar-refractivity contribution is 4.87. The third-order valence-corrected chi connectivity index (χ3v) is 3.34. The van der Waals surface area contributed by atoms with Gasteiger partial charge in [0.1, 0.15) is 0 Å². The molecule has 1 saturated carbocycles. The predicted octanol–water partition coefficient (Wildman–Crippen LogP) is 4.25. The maximum absolute atomic E-state index is 2.44.